The van der Waals surface area contributed by atoms with Gasteiger partial charge in [-0.15, -0.1) is 0 Å². The fourth-order valence-electron chi connectivity index (χ4n) is 2.52. The first-order chi connectivity index (χ1) is 9.19. The number of hydrogen-bond acceptors (Lipinski definition) is 2. The van der Waals surface area contributed by atoms with Crippen molar-refractivity contribution in [2.24, 2.45) is 17.3 Å². The number of urea groups is 1. The Bertz CT molecular complexity index is 342. The van der Waals surface area contributed by atoms with E-state index in [1.54, 1.807) is 4.90 Å². The summed E-state index contributed by atoms with van der Waals surface area (Å²) in [4.78, 5) is 25.1. The van der Waals surface area contributed by atoms with Gasteiger partial charge < -0.3 is 15.3 Å². The summed E-state index contributed by atoms with van der Waals surface area (Å²) < 4.78 is 0. The molecular formula is C15H28N2O3. The van der Waals surface area contributed by atoms with Crippen LogP contribution in [0.5, 0.6) is 0 Å². The summed E-state index contributed by atoms with van der Waals surface area (Å²) in [6.45, 7) is 9.97. The lowest BCUT2D eigenvalue weighted by atomic mass is 9.84. The van der Waals surface area contributed by atoms with Gasteiger partial charge in [0.05, 0.1) is 5.92 Å². The van der Waals surface area contributed by atoms with Crippen molar-refractivity contribution in [3.05, 3.63) is 0 Å². The van der Waals surface area contributed by atoms with E-state index in [1.807, 2.05) is 20.8 Å². The van der Waals surface area contributed by atoms with Gasteiger partial charge in [0.15, 0.2) is 0 Å². The lowest BCUT2D eigenvalue weighted by molar-refractivity contribution is -0.142. The monoisotopic (exact) mass is 284 g/mol. The number of amides is 2. The summed E-state index contributed by atoms with van der Waals surface area (Å²) in [5, 5.41) is 12.0. The molecule has 0 aliphatic carbocycles. The van der Waals surface area contributed by atoms with Gasteiger partial charge in [0.2, 0.25) is 0 Å². The Morgan fingerprint density at radius 3 is 2.30 bits per heavy atom. The molecule has 1 atom stereocenters. The molecule has 1 fully saturated rings. The van der Waals surface area contributed by atoms with Crippen LogP contribution in [0.15, 0.2) is 0 Å². The molecule has 0 aromatic carbocycles. The molecule has 1 aliphatic rings. The summed E-state index contributed by atoms with van der Waals surface area (Å²) >= 11 is 0. The third kappa shape index (κ3) is 5.80. The molecular weight excluding hydrogens is 256 g/mol. The Morgan fingerprint density at radius 1 is 1.30 bits per heavy atom. The average Bonchev–Trinajstić information content (AvgIpc) is 2.33. The number of likely N-dealkylation sites (tertiary alicyclic amines) is 1. The van der Waals surface area contributed by atoms with E-state index in [0.717, 1.165) is 25.9 Å². The number of aliphatic carboxylic acids is 1. The summed E-state index contributed by atoms with van der Waals surface area (Å²) in [5.41, 5.74) is -0.0612. The number of carbonyl (C=O) groups excluding carboxylic acids is 1. The topological polar surface area (TPSA) is 69.6 Å². The molecule has 2 amide bonds. The predicted octanol–water partition coefficient (Wildman–Crippen LogP) is 2.56. The van der Waals surface area contributed by atoms with Gasteiger partial charge in [-0.1, -0.05) is 27.7 Å². The van der Waals surface area contributed by atoms with E-state index >= 15 is 0 Å². The second-order valence-electron chi connectivity index (χ2n) is 7.16. The number of nitrogens with zero attached hydrogens (tertiary/aromatic N) is 1. The van der Waals surface area contributed by atoms with Crippen LogP contribution in [-0.2, 0) is 4.79 Å². The molecule has 1 rings (SSSR count). The number of nitrogens with one attached hydrogen (secondary N) is 1. The Labute approximate surface area is 121 Å². The second kappa shape index (κ2) is 6.95. The highest BCUT2D eigenvalue weighted by Crippen LogP contribution is 2.24. The maximum atomic E-state index is 12.0. The first-order valence-electron chi connectivity index (χ1n) is 7.44. The van der Waals surface area contributed by atoms with Crippen LogP contribution in [0.4, 0.5) is 4.79 Å². The van der Waals surface area contributed by atoms with E-state index in [0.29, 0.717) is 12.3 Å². The number of hydrogen-bond donors (Lipinski definition) is 2. The molecule has 5 heteroatoms. The van der Waals surface area contributed by atoms with Crippen LogP contribution in [0.2, 0.25) is 0 Å². The molecule has 0 aromatic rings. The molecule has 0 spiro atoms. The number of carboxylic acid groups (broad SMARTS) is 1. The van der Waals surface area contributed by atoms with Crippen molar-refractivity contribution in [2.75, 3.05) is 19.6 Å². The molecule has 1 unspecified atom stereocenters. The van der Waals surface area contributed by atoms with E-state index < -0.39 is 11.9 Å². The zero-order valence-corrected chi connectivity index (χ0v) is 13.1. The van der Waals surface area contributed by atoms with Gasteiger partial charge in [-0.2, -0.15) is 0 Å². The highest BCUT2D eigenvalue weighted by atomic mass is 16.4. The minimum absolute atomic E-state index is 0.0612. The average molecular weight is 284 g/mol. The summed E-state index contributed by atoms with van der Waals surface area (Å²) in [5.74, 6) is -0.693. The van der Waals surface area contributed by atoms with Crippen molar-refractivity contribution < 1.29 is 14.7 Å². The van der Waals surface area contributed by atoms with Crippen LogP contribution in [0.3, 0.4) is 0 Å². The minimum atomic E-state index is -0.840. The van der Waals surface area contributed by atoms with Crippen LogP contribution >= 0.6 is 0 Å². The zero-order valence-electron chi connectivity index (χ0n) is 13.1. The van der Waals surface area contributed by atoms with E-state index in [4.69, 9.17) is 0 Å². The van der Waals surface area contributed by atoms with Gasteiger partial charge in [-0.25, -0.2) is 4.79 Å². The molecule has 1 saturated heterocycles. The minimum Gasteiger partial charge on any atom is -0.481 e. The van der Waals surface area contributed by atoms with E-state index in [2.05, 4.69) is 12.2 Å². The van der Waals surface area contributed by atoms with Gasteiger partial charge in [-0.3, -0.25) is 4.79 Å². The Hall–Kier alpha value is -1.26. The predicted molar refractivity (Wildman–Crippen MR) is 78.6 cm³/mol. The highest BCUT2D eigenvalue weighted by Gasteiger charge is 2.26. The number of carbonyl (C=O) groups is 2. The third-order valence-electron chi connectivity index (χ3n) is 3.78. The molecule has 1 heterocycles. The third-order valence-corrected chi connectivity index (χ3v) is 3.78. The molecule has 0 radical (unpaired) electrons. The smallest absolute Gasteiger partial charge is 0.317 e. The molecule has 0 saturated carbocycles. The Morgan fingerprint density at radius 2 is 1.85 bits per heavy atom. The highest BCUT2D eigenvalue weighted by molar-refractivity contribution is 5.76. The number of rotatable bonds is 4. The largest absolute Gasteiger partial charge is 0.481 e. The molecule has 0 aromatic heterocycles. The summed E-state index contributed by atoms with van der Waals surface area (Å²) in [7, 11) is 0. The molecule has 20 heavy (non-hydrogen) atoms. The van der Waals surface area contributed by atoms with E-state index in [1.165, 1.54) is 0 Å². The number of piperidine rings is 1. The van der Waals surface area contributed by atoms with Crippen LogP contribution in [0, 0.1) is 17.3 Å². The molecule has 2 N–H and O–H groups in total. The summed E-state index contributed by atoms with van der Waals surface area (Å²) in [6, 6.07) is -0.128. The first-order valence-corrected chi connectivity index (χ1v) is 7.44. The quantitative estimate of drug-likeness (QED) is 0.833. The maximum absolute atomic E-state index is 12.0. The zero-order chi connectivity index (χ0) is 15.3. The van der Waals surface area contributed by atoms with Gasteiger partial charge in [-0.05, 0) is 30.6 Å². The lowest BCUT2D eigenvalue weighted by Gasteiger charge is -2.31. The molecule has 5 nitrogen and oxygen atoms in total. The Balaban J connectivity index is 2.43. The van der Waals surface area contributed by atoms with Gasteiger partial charge >= 0.3 is 12.0 Å². The van der Waals surface area contributed by atoms with Crippen molar-refractivity contribution in [1.29, 1.82) is 0 Å². The molecule has 1 aliphatic heterocycles. The van der Waals surface area contributed by atoms with Crippen molar-refractivity contribution in [3.8, 4) is 0 Å². The standard InChI is InChI=1S/C15H28N2O3/c1-11-5-7-17(8-6-11)14(20)16-10-12(13(18)19)9-15(2,3)4/h11-12H,5-10H2,1-4H3,(H,16,20)(H,18,19). The number of carboxylic acids is 1. The van der Waals surface area contributed by atoms with E-state index in [-0.39, 0.29) is 18.0 Å². The van der Waals surface area contributed by atoms with E-state index in [9.17, 15) is 14.7 Å². The second-order valence-corrected chi connectivity index (χ2v) is 7.16. The van der Waals surface area contributed by atoms with Crippen LogP contribution in [0.1, 0.15) is 47.0 Å². The maximum Gasteiger partial charge on any atom is 0.317 e. The summed E-state index contributed by atoms with van der Waals surface area (Å²) in [6.07, 6.45) is 2.61. The van der Waals surface area contributed by atoms with Crippen molar-refractivity contribution in [1.82, 2.24) is 10.2 Å². The molecule has 116 valence electrons. The lowest BCUT2D eigenvalue weighted by Crippen LogP contribution is -2.46. The van der Waals surface area contributed by atoms with Crippen molar-refractivity contribution in [2.45, 2.75) is 47.0 Å². The molecule has 0 bridgehead atoms. The SMILES string of the molecule is CC1CCN(C(=O)NCC(CC(C)(C)C)C(=O)O)CC1. The van der Waals surface area contributed by atoms with Crippen LogP contribution < -0.4 is 5.32 Å². The fourth-order valence-corrected chi connectivity index (χ4v) is 2.52. The normalized spacial score (nSPS) is 18.7. The first kappa shape index (κ1) is 16.8. The van der Waals surface area contributed by atoms with Crippen LogP contribution in [0.25, 0.3) is 0 Å². The van der Waals surface area contributed by atoms with Crippen molar-refractivity contribution in [3.63, 3.8) is 0 Å². The van der Waals surface area contributed by atoms with Crippen LogP contribution in [-0.4, -0.2) is 41.6 Å². The van der Waals surface area contributed by atoms with Gasteiger partial charge in [0.25, 0.3) is 0 Å². The van der Waals surface area contributed by atoms with Crippen molar-refractivity contribution >= 4 is 12.0 Å². The Kier molecular flexibility index (Phi) is 5.84. The fraction of sp³-hybridized carbons (Fsp3) is 0.867. The van der Waals surface area contributed by atoms with Gasteiger partial charge in [0, 0.05) is 19.6 Å². The van der Waals surface area contributed by atoms with Gasteiger partial charge in [0.1, 0.15) is 0 Å².